The number of ether oxygens (including phenoxy) is 1. The fraction of sp³-hybridized carbons (Fsp3) is 0.280. The number of carbonyl (C=O) groups excluding carboxylic acids is 2. The first-order chi connectivity index (χ1) is 14.6. The molecule has 0 unspecified atom stereocenters. The summed E-state index contributed by atoms with van der Waals surface area (Å²) in [6.07, 6.45) is 2.50. The minimum absolute atomic E-state index is 0.0336. The lowest BCUT2D eigenvalue weighted by molar-refractivity contribution is -0.122. The third kappa shape index (κ3) is 4.46. The Morgan fingerprint density at radius 2 is 1.60 bits per heavy atom. The molecule has 1 aliphatic rings. The van der Waals surface area contributed by atoms with Crippen molar-refractivity contribution in [2.45, 2.75) is 32.3 Å². The number of anilines is 1. The van der Waals surface area contributed by atoms with Gasteiger partial charge in [-0.05, 0) is 61.2 Å². The predicted molar refractivity (Wildman–Crippen MR) is 119 cm³/mol. The van der Waals surface area contributed by atoms with Gasteiger partial charge in [-0.25, -0.2) is 0 Å². The zero-order chi connectivity index (χ0) is 20.9. The van der Waals surface area contributed by atoms with Crippen molar-refractivity contribution in [3.05, 3.63) is 72.3 Å². The highest BCUT2D eigenvalue weighted by atomic mass is 16.5. The van der Waals surface area contributed by atoms with E-state index in [0.717, 1.165) is 43.1 Å². The molecule has 3 aromatic carbocycles. The summed E-state index contributed by atoms with van der Waals surface area (Å²) in [6.45, 7) is 3.24. The van der Waals surface area contributed by atoms with Crippen LogP contribution in [0.5, 0.6) is 5.75 Å². The summed E-state index contributed by atoms with van der Waals surface area (Å²) in [7, 11) is 0. The maximum atomic E-state index is 12.9. The molecule has 154 valence electrons. The van der Waals surface area contributed by atoms with Crippen molar-refractivity contribution in [1.29, 1.82) is 0 Å². The van der Waals surface area contributed by atoms with E-state index in [9.17, 15) is 9.59 Å². The highest BCUT2D eigenvalue weighted by Crippen LogP contribution is 2.23. The molecule has 0 bridgehead atoms. The van der Waals surface area contributed by atoms with Crippen LogP contribution in [0.15, 0.2) is 66.7 Å². The maximum absolute atomic E-state index is 12.9. The first-order valence-corrected chi connectivity index (χ1v) is 10.5. The van der Waals surface area contributed by atoms with Gasteiger partial charge in [0.15, 0.2) is 6.10 Å². The van der Waals surface area contributed by atoms with Gasteiger partial charge in [0.25, 0.3) is 11.8 Å². The molecule has 0 aliphatic carbocycles. The summed E-state index contributed by atoms with van der Waals surface area (Å²) in [5.41, 5.74) is 1.04. The highest BCUT2D eigenvalue weighted by molar-refractivity contribution is 6.04. The molecular weight excluding hydrogens is 376 g/mol. The number of hydrogen-bond acceptors (Lipinski definition) is 3. The Hall–Kier alpha value is -3.34. The second-order valence-electron chi connectivity index (χ2n) is 7.66. The molecule has 1 saturated heterocycles. The number of nitrogens with zero attached hydrogens (tertiary/aromatic N) is 1. The molecule has 0 radical (unpaired) electrons. The molecular formula is C25H26N2O3. The Labute approximate surface area is 176 Å². The number of nitrogens with one attached hydrogen (secondary N) is 1. The molecule has 4 rings (SSSR count). The zero-order valence-corrected chi connectivity index (χ0v) is 17.1. The molecule has 5 heteroatoms. The first kappa shape index (κ1) is 20.0. The zero-order valence-electron chi connectivity index (χ0n) is 17.1. The van der Waals surface area contributed by atoms with E-state index >= 15 is 0 Å². The molecule has 1 aliphatic heterocycles. The van der Waals surface area contributed by atoms with Crippen LogP contribution in [-0.4, -0.2) is 35.9 Å². The summed E-state index contributed by atoms with van der Waals surface area (Å²) in [4.78, 5) is 27.6. The Balaban J connectivity index is 1.45. The van der Waals surface area contributed by atoms with Crippen molar-refractivity contribution in [2.24, 2.45) is 0 Å². The number of carbonyl (C=O) groups is 2. The lowest BCUT2D eigenvalue weighted by atomic mass is 10.1. The smallest absolute Gasteiger partial charge is 0.265 e. The monoisotopic (exact) mass is 402 g/mol. The second kappa shape index (κ2) is 8.99. The third-order valence-corrected chi connectivity index (χ3v) is 5.46. The van der Waals surface area contributed by atoms with Gasteiger partial charge in [0.1, 0.15) is 5.75 Å². The van der Waals surface area contributed by atoms with E-state index in [1.165, 1.54) is 0 Å². The van der Waals surface area contributed by atoms with Crippen LogP contribution in [0, 0.1) is 0 Å². The maximum Gasteiger partial charge on any atom is 0.265 e. The Bertz CT molecular complexity index is 1060. The number of rotatable bonds is 5. The number of hydrogen-bond donors (Lipinski definition) is 1. The number of para-hydroxylation sites is 1. The summed E-state index contributed by atoms with van der Waals surface area (Å²) in [6, 6.07) is 20.9. The van der Waals surface area contributed by atoms with Gasteiger partial charge in [-0.3, -0.25) is 9.59 Å². The fourth-order valence-corrected chi connectivity index (χ4v) is 3.78. The van der Waals surface area contributed by atoms with Crippen LogP contribution in [-0.2, 0) is 4.79 Å². The predicted octanol–water partition coefficient (Wildman–Crippen LogP) is 4.87. The molecule has 1 heterocycles. The molecule has 1 N–H and O–H groups in total. The van der Waals surface area contributed by atoms with Gasteiger partial charge in [-0.1, -0.05) is 42.5 Å². The average molecular weight is 402 g/mol. The van der Waals surface area contributed by atoms with Gasteiger partial charge in [-0.2, -0.15) is 0 Å². The molecule has 30 heavy (non-hydrogen) atoms. The lowest BCUT2D eigenvalue weighted by Crippen LogP contribution is -2.36. The molecule has 0 saturated carbocycles. The van der Waals surface area contributed by atoms with E-state index in [1.54, 1.807) is 19.1 Å². The lowest BCUT2D eigenvalue weighted by Gasteiger charge is -2.27. The Morgan fingerprint density at radius 3 is 2.40 bits per heavy atom. The normalized spacial score (nSPS) is 14.9. The minimum atomic E-state index is -0.704. The van der Waals surface area contributed by atoms with Crippen molar-refractivity contribution in [1.82, 2.24) is 4.90 Å². The van der Waals surface area contributed by atoms with Crippen LogP contribution in [0.3, 0.4) is 0 Å². The summed E-state index contributed by atoms with van der Waals surface area (Å²) >= 11 is 0. The molecule has 3 aromatic rings. The number of benzene rings is 3. The van der Waals surface area contributed by atoms with Gasteiger partial charge < -0.3 is 15.0 Å². The van der Waals surface area contributed by atoms with Crippen molar-refractivity contribution < 1.29 is 14.3 Å². The van der Waals surface area contributed by atoms with Crippen LogP contribution in [0.1, 0.15) is 36.5 Å². The molecule has 5 nitrogen and oxygen atoms in total. The van der Waals surface area contributed by atoms with Gasteiger partial charge in [0.05, 0.1) is 11.3 Å². The quantitative estimate of drug-likeness (QED) is 0.662. The SMILES string of the molecule is C[C@H](Oc1ccc2ccccc2c1)C(=O)Nc1ccccc1C(=O)N1CCCCC1. The van der Waals surface area contributed by atoms with Gasteiger partial charge in [0, 0.05) is 13.1 Å². The first-order valence-electron chi connectivity index (χ1n) is 10.5. The Morgan fingerprint density at radius 1 is 0.900 bits per heavy atom. The van der Waals surface area contributed by atoms with Crippen molar-refractivity contribution >= 4 is 28.3 Å². The van der Waals surface area contributed by atoms with E-state index < -0.39 is 6.10 Å². The minimum Gasteiger partial charge on any atom is -0.481 e. The average Bonchev–Trinajstić information content (AvgIpc) is 2.79. The van der Waals surface area contributed by atoms with Crippen LogP contribution in [0.25, 0.3) is 10.8 Å². The largest absolute Gasteiger partial charge is 0.481 e. The summed E-state index contributed by atoms with van der Waals surface area (Å²) in [5, 5.41) is 5.05. The molecule has 0 aromatic heterocycles. The van der Waals surface area contributed by atoms with Crippen molar-refractivity contribution in [2.75, 3.05) is 18.4 Å². The molecule has 0 spiro atoms. The summed E-state index contributed by atoms with van der Waals surface area (Å²) < 4.78 is 5.87. The van der Waals surface area contributed by atoms with Crippen LogP contribution < -0.4 is 10.1 Å². The van der Waals surface area contributed by atoms with Crippen molar-refractivity contribution in [3.63, 3.8) is 0 Å². The van der Waals surface area contributed by atoms with Gasteiger partial charge >= 0.3 is 0 Å². The van der Waals surface area contributed by atoms with Gasteiger partial charge in [-0.15, -0.1) is 0 Å². The number of fused-ring (bicyclic) bond motifs is 1. The van der Waals surface area contributed by atoms with Crippen LogP contribution in [0.4, 0.5) is 5.69 Å². The highest BCUT2D eigenvalue weighted by Gasteiger charge is 2.23. The summed E-state index contributed by atoms with van der Waals surface area (Å²) in [5.74, 6) is 0.310. The van der Waals surface area contributed by atoms with Crippen LogP contribution >= 0.6 is 0 Å². The van der Waals surface area contributed by atoms with E-state index in [4.69, 9.17) is 4.74 Å². The second-order valence-corrected chi connectivity index (χ2v) is 7.66. The van der Waals surface area contributed by atoms with E-state index in [1.807, 2.05) is 59.5 Å². The molecule has 1 fully saturated rings. The van der Waals surface area contributed by atoms with E-state index in [0.29, 0.717) is 17.0 Å². The number of piperidine rings is 1. The third-order valence-electron chi connectivity index (χ3n) is 5.46. The Kier molecular flexibility index (Phi) is 5.98. The van der Waals surface area contributed by atoms with Gasteiger partial charge in [0.2, 0.25) is 0 Å². The molecule has 2 amide bonds. The molecule has 1 atom stereocenters. The van der Waals surface area contributed by atoms with Crippen LogP contribution in [0.2, 0.25) is 0 Å². The van der Waals surface area contributed by atoms with E-state index in [-0.39, 0.29) is 11.8 Å². The van der Waals surface area contributed by atoms with E-state index in [2.05, 4.69) is 5.32 Å². The fourth-order valence-electron chi connectivity index (χ4n) is 3.78. The van der Waals surface area contributed by atoms with Crippen molar-refractivity contribution in [3.8, 4) is 5.75 Å². The number of amides is 2. The number of likely N-dealkylation sites (tertiary alicyclic amines) is 1. The standard InChI is InChI=1S/C25H26N2O3/c1-18(30-21-14-13-19-9-3-4-10-20(19)17-21)24(28)26-23-12-6-5-11-22(23)25(29)27-15-7-2-8-16-27/h3-6,9-14,17-18H,2,7-8,15-16H2,1H3,(H,26,28)/t18-/m0/s1. The topological polar surface area (TPSA) is 58.6 Å².